The molecule has 2 aromatic rings. The van der Waals surface area contributed by atoms with Crippen molar-refractivity contribution in [3.63, 3.8) is 0 Å². The van der Waals surface area contributed by atoms with Crippen LogP contribution < -0.4 is 5.73 Å². The van der Waals surface area contributed by atoms with E-state index in [0.29, 0.717) is 24.3 Å². The number of fused-ring (bicyclic) bond motifs is 1. The molecule has 2 amide bonds. The monoisotopic (exact) mass is 394 g/mol. The number of pyridine rings is 1. The van der Waals surface area contributed by atoms with Crippen LogP contribution in [0.3, 0.4) is 0 Å². The minimum atomic E-state index is -0.468. The smallest absolute Gasteiger partial charge is 0.311 e. The van der Waals surface area contributed by atoms with Gasteiger partial charge < -0.3 is 20.3 Å². The van der Waals surface area contributed by atoms with Gasteiger partial charge in [-0.3, -0.25) is 14.4 Å². The van der Waals surface area contributed by atoms with Crippen LogP contribution in [0.5, 0.6) is 0 Å². The first-order valence-electron chi connectivity index (χ1n) is 9.44. The fraction of sp³-hybridized carbons (Fsp3) is 0.333. The molecule has 150 valence electrons. The minimum Gasteiger partial charge on any atom is -0.469 e. The lowest BCUT2D eigenvalue weighted by Crippen LogP contribution is -2.55. The minimum absolute atomic E-state index is 0.0447. The maximum Gasteiger partial charge on any atom is 0.311 e. The number of nitrogens with two attached hydrogens (primary N) is 1. The third-order valence-corrected chi connectivity index (χ3v) is 5.61. The average molecular weight is 394 g/mol. The highest BCUT2D eigenvalue weighted by Crippen LogP contribution is 2.43. The van der Waals surface area contributed by atoms with Crippen molar-refractivity contribution >= 4 is 23.6 Å². The summed E-state index contributed by atoms with van der Waals surface area (Å²) in [5, 5.41) is 0. The van der Waals surface area contributed by atoms with E-state index >= 15 is 0 Å². The third-order valence-electron chi connectivity index (χ3n) is 5.61. The van der Waals surface area contributed by atoms with E-state index in [1.807, 2.05) is 30.3 Å². The van der Waals surface area contributed by atoms with Gasteiger partial charge in [-0.15, -0.1) is 0 Å². The number of carbonyl (C=O) groups excluding carboxylic acids is 3. The summed E-state index contributed by atoms with van der Waals surface area (Å²) in [5.74, 6) is -0.947. The van der Waals surface area contributed by atoms with Crippen LogP contribution in [0.2, 0.25) is 0 Å². The van der Waals surface area contributed by atoms with Crippen molar-refractivity contribution in [3.05, 3.63) is 59.8 Å². The maximum atomic E-state index is 13.1. The molecule has 2 aliphatic heterocycles. The lowest BCUT2D eigenvalue weighted by molar-refractivity contribution is -0.147. The Kier molecular flexibility index (Phi) is 4.92. The number of hydrogen-bond donors (Lipinski definition) is 1. The molecule has 0 aliphatic carbocycles. The molecule has 2 aliphatic rings. The molecular formula is C21H22N4O4. The Morgan fingerprint density at radius 1 is 1.17 bits per heavy atom. The van der Waals surface area contributed by atoms with Crippen LogP contribution in [0.25, 0.3) is 0 Å². The van der Waals surface area contributed by atoms with Crippen LogP contribution in [0.1, 0.15) is 28.4 Å². The summed E-state index contributed by atoms with van der Waals surface area (Å²) in [6.45, 7) is 0.308. The molecule has 4 rings (SSSR count). The average Bonchev–Trinajstić information content (AvgIpc) is 3.14. The van der Waals surface area contributed by atoms with Crippen molar-refractivity contribution in [3.8, 4) is 0 Å². The first-order valence-corrected chi connectivity index (χ1v) is 9.44. The summed E-state index contributed by atoms with van der Waals surface area (Å²) in [6, 6.07) is 12.0. The lowest BCUT2D eigenvalue weighted by atomic mass is 9.93. The van der Waals surface area contributed by atoms with Gasteiger partial charge in [0, 0.05) is 12.7 Å². The Hall–Kier alpha value is -3.42. The van der Waals surface area contributed by atoms with E-state index in [2.05, 4.69) is 4.98 Å². The normalized spacial score (nSPS) is 23.6. The lowest BCUT2D eigenvalue weighted by Gasteiger charge is -2.40. The summed E-state index contributed by atoms with van der Waals surface area (Å²) in [6.07, 6.45) is 1.86. The van der Waals surface area contributed by atoms with Crippen LogP contribution in [0.4, 0.5) is 5.82 Å². The van der Waals surface area contributed by atoms with Crippen LogP contribution >= 0.6 is 0 Å². The van der Waals surface area contributed by atoms with Gasteiger partial charge in [0.2, 0.25) is 5.91 Å². The number of anilines is 1. The van der Waals surface area contributed by atoms with Gasteiger partial charge in [0.25, 0.3) is 5.91 Å². The van der Waals surface area contributed by atoms with Crippen molar-refractivity contribution in [2.24, 2.45) is 5.92 Å². The number of esters is 1. The number of nitrogens with zero attached hydrogens (tertiary/aromatic N) is 3. The van der Waals surface area contributed by atoms with E-state index in [4.69, 9.17) is 10.5 Å². The van der Waals surface area contributed by atoms with Gasteiger partial charge in [0.1, 0.15) is 12.4 Å². The molecule has 0 spiro atoms. The molecule has 0 radical (unpaired) electrons. The Labute approximate surface area is 168 Å². The Morgan fingerprint density at radius 2 is 1.93 bits per heavy atom. The van der Waals surface area contributed by atoms with Gasteiger partial charge in [-0.1, -0.05) is 30.3 Å². The quantitative estimate of drug-likeness (QED) is 0.786. The highest BCUT2D eigenvalue weighted by molar-refractivity contribution is 5.97. The van der Waals surface area contributed by atoms with Crippen molar-refractivity contribution in [1.29, 1.82) is 0 Å². The van der Waals surface area contributed by atoms with E-state index in [-0.39, 0.29) is 30.4 Å². The van der Waals surface area contributed by atoms with Crippen molar-refractivity contribution in [2.75, 3.05) is 25.9 Å². The van der Waals surface area contributed by atoms with Crippen LogP contribution in [-0.2, 0) is 14.3 Å². The van der Waals surface area contributed by atoms with Gasteiger partial charge in [-0.05, 0) is 24.1 Å². The second-order valence-electron chi connectivity index (χ2n) is 7.33. The van der Waals surface area contributed by atoms with Crippen LogP contribution in [0.15, 0.2) is 48.7 Å². The number of benzene rings is 1. The Morgan fingerprint density at radius 3 is 2.59 bits per heavy atom. The number of rotatable bonds is 3. The fourth-order valence-corrected chi connectivity index (χ4v) is 4.33. The van der Waals surface area contributed by atoms with Gasteiger partial charge in [-0.2, -0.15) is 0 Å². The molecule has 3 heterocycles. The van der Waals surface area contributed by atoms with Gasteiger partial charge in [-0.25, -0.2) is 4.98 Å². The third kappa shape index (κ3) is 3.41. The molecule has 3 atom stereocenters. The topological polar surface area (TPSA) is 106 Å². The number of hydrogen-bond acceptors (Lipinski definition) is 6. The Balaban J connectivity index is 1.61. The highest BCUT2D eigenvalue weighted by Gasteiger charge is 2.51. The standard InChI is InChI=1S/C21H22N4O4/c1-29-21(28)16-9-15-11-24(20(27)14-7-8-17(22)23-10-14)12-18(26)25(15)19(16)13-5-3-2-4-6-13/h2-8,10,15-16,19H,9,11-12H2,1H3,(H2,22,23)/t15-,16-,19-/m0/s1. The van der Waals surface area contributed by atoms with Crippen molar-refractivity contribution < 1.29 is 19.1 Å². The summed E-state index contributed by atoms with van der Waals surface area (Å²) in [4.78, 5) is 45.6. The molecule has 0 unspecified atom stereocenters. The maximum absolute atomic E-state index is 13.1. The molecule has 2 fully saturated rings. The van der Waals surface area contributed by atoms with Gasteiger partial charge in [0.05, 0.1) is 30.7 Å². The first-order chi connectivity index (χ1) is 14.0. The van der Waals surface area contributed by atoms with Crippen LogP contribution in [-0.4, -0.2) is 58.8 Å². The van der Waals surface area contributed by atoms with E-state index < -0.39 is 12.0 Å². The molecule has 2 saturated heterocycles. The van der Waals surface area contributed by atoms with E-state index in [1.54, 1.807) is 17.0 Å². The van der Waals surface area contributed by atoms with Crippen molar-refractivity contribution in [2.45, 2.75) is 18.5 Å². The molecule has 0 saturated carbocycles. The molecule has 1 aromatic heterocycles. The van der Waals surface area contributed by atoms with E-state index in [9.17, 15) is 14.4 Å². The predicted molar refractivity (Wildman–Crippen MR) is 104 cm³/mol. The summed E-state index contributed by atoms with van der Waals surface area (Å²) in [7, 11) is 1.35. The largest absolute Gasteiger partial charge is 0.469 e. The van der Waals surface area contributed by atoms with E-state index in [0.717, 1.165) is 5.56 Å². The highest BCUT2D eigenvalue weighted by atomic mass is 16.5. The van der Waals surface area contributed by atoms with Crippen molar-refractivity contribution in [1.82, 2.24) is 14.8 Å². The molecule has 8 heteroatoms. The second-order valence-corrected chi connectivity index (χ2v) is 7.33. The predicted octanol–water partition coefficient (Wildman–Crippen LogP) is 1.25. The van der Waals surface area contributed by atoms with E-state index in [1.165, 1.54) is 18.2 Å². The molecule has 2 N–H and O–H groups in total. The molecule has 1 aromatic carbocycles. The number of piperazine rings is 1. The Bertz CT molecular complexity index is 931. The summed E-state index contributed by atoms with van der Waals surface area (Å²) >= 11 is 0. The summed E-state index contributed by atoms with van der Waals surface area (Å²) < 4.78 is 5.00. The zero-order valence-corrected chi connectivity index (χ0v) is 16.0. The zero-order chi connectivity index (χ0) is 20.5. The number of aromatic nitrogens is 1. The fourth-order valence-electron chi connectivity index (χ4n) is 4.33. The van der Waals surface area contributed by atoms with Gasteiger partial charge >= 0.3 is 5.97 Å². The number of nitrogen functional groups attached to an aromatic ring is 1. The summed E-state index contributed by atoms with van der Waals surface area (Å²) in [5.41, 5.74) is 6.85. The number of carbonyl (C=O) groups is 3. The number of ether oxygens (including phenoxy) is 1. The zero-order valence-electron chi connectivity index (χ0n) is 16.0. The molecular weight excluding hydrogens is 372 g/mol. The second kappa shape index (κ2) is 7.54. The molecule has 29 heavy (non-hydrogen) atoms. The molecule has 0 bridgehead atoms. The number of methoxy groups -OCH3 is 1. The van der Waals surface area contributed by atoms with Crippen LogP contribution in [0, 0.1) is 5.92 Å². The number of amides is 2. The molecule has 8 nitrogen and oxygen atoms in total. The van der Waals surface area contributed by atoms with Gasteiger partial charge in [0.15, 0.2) is 0 Å². The first kappa shape index (κ1) is 18.9. The SMILES string of the molecule is COC(=O)[C@H]1C[C@H]2CN(C(=O)c3ccc(N)nc3)CC(=O)N2[C@H]1c1ccccc1.